The van der Waals surface area contributed by atoms with E-state index in [-0.39, 0.29) is 5.91 Å². The lowest BCUT2D eigenvalue weighted by Gasteiger charge is -2.28. The highest BCUT2D eigenvalue weighted by Gasteiger charge is 2.36. The highest BCUT2D eigenvalue weighted by molar-refractivity contribution is 5.98. The number of hydrogen-bond acceptors (Lipinski definition) is 3. The number of aliphatic carboxylic acids is 1. The Labute approximate surface area is 117 Å². The fourth-order valence-electron chi connectivity index (χ4n) is 2.39. The third kappa shape index (κ3) is 2.54. The summed E-state index contributed by atoms with van der Waals surface area (Å²) in [6, 6.07) is 5.34. The first-order valence-corrected chi connectivity index (χ1v) is 6.78. The number of hydrogen-bond donors (Lipinski definition) is 2. The number of rotatable bonds is 5. The average molecular weight is 277 g/mol. The molecule has 0 saturated carbocycles. The van der Waals surface area contributed by atoms with Crippen molar-refractivity contribution in [1.82, 2.24) is 5.32 Å². The Morgan fingerprint density at radius 2 is 1.90 bits per heavy atom. The van der Waals surface area contributed by atoms with E-state index in [1.807, 2.05) is 6.07 Å². The summed E-state index contributed by atoms with van der Waals surface area (Å²) >= 11 is 0. The summed E-state index contributed by atoms with van der Waals surface area (Å²) in [5.41, 5.74) is 1.34. The Hall–Kier alpha value is -1.88. The number of ether oxygens (including phenoxy) is 1. The zero-order valence-electron chi connectivity index (χ0n) is 11.7. The lowest BCUT2D eigenvalue weighted by atomic mass is 9.92. The van der Waals surface area contributed by atoms with E-state index in [0.717, 1.165) is 11.1 Å². The molecule has 0 spiro atoms. The Morgan fingerprint density at radius 1 is 1.25 bits per heavy atom. The van der Waals surface area contributed by atoms with Gasteiger partial charge in [0.05, 0.1) is 13.2 Å². The Bertz CT molecular complexity index is 535. The van der Waals surface area contributed by atoms with Crippen molar-refractivity contribution in [2.24, 2.45) is 0 Å². The number of amides is 1. The molecule has 1 aliphatic heterocycles. The number of carboxylic acid groups (broad SMARTS) is 1. The van der Waals surface area contributed by atoms with Crippen molar-refractivity contribution in [3.63, 3.8) is 0 Å². The van der Waals surface area contributed by atoms with E-state index in [2.05, 4.69) is 5.32 Å². The van der Waals surface area contributed by atoms with Crippen LogP contribution in [0.25, 0.3) is 0 Å². The van der Waals surface area contributed by atoms with E-state index in [4.69, 9.17) is 4.74 Å². The first-order chi connectivity index (χ1) is 9.52. The van der Waals surface area contributed by atoms with Gasteiger partial charge < -0.3 is 15.2 Å². The third-order valence-corrected chi connectivity index (χ3v) is 3.95. The molecule has 0 radical (unpaired) electrons. The minimum absolute atomic E-state index is 0.346. The molecular weight excluding hydrogens is 258 g/mol. The number of fused-ring (bicyclic) bond motifs is 1. The Balaban J connectivity index is 2.21. The maximum absolute atomic E-state index is 12.3. The van der Waals surface area contributed by atoms with Crippen LogP contribution in [0.1, 0.15) is 48.2 Å². The van der Waals surface area contributed by atoms with Crippen molar-refractivity contribution in [3.8, 4) is 0 Å². The molecule has 108 valence electrons. The summed E-state index contributed by atoms with van der Waals surface area (Å²) in [5.74, 6) is -1.36. The molecule has 1 amide bonds. The second-order valence-corrected chi connectivity index (χ2v) is 5.02. The molecule has 2 N–H and O–H groups in total. The van der Waals surface area contributed by atoms with Gasteiger partial charge in [0.15, 0.2) is 0 Å². The number of carboxylic acids is 1. The first kappa shape index (κ1) is 14.5. The maximum Gasteiger partial charge on any atom is 0.329 e. The molecule has 1 aromatic rings. The summed E-state index contributed by atoms with van der Waals surface area (Å²) in [6.45, 7) is 4.59. The largest absolute Gasteiger partial charge is 0.480 e. The van der Waals surface area contributed by atoms with Gasteiger partial charge in [0.25, 0.3) is 5.91 Å². The molecule has 0 saturated heterocycles. The lowest BCUT2D eigenvalue weighted by Crippen LogP contribution is -2.53. The predicted octanol–water partition coefficient (Wildman–Crippen LogP) is 2.09. The van der Waals surface area contributed by atoms with Crippen LogP contribution in [0.5, 0.6) is 0 Å². The van der Waals surface area contributed by atoms with Gasteiger partial charge in [-0.3, -0.25) is 4.79 Å². The Morgan fingerprint density at radius 3 is 2.50 bits per heavy atom. The van der Waals surface area contributed by atoms with Gasteiger partial charge in [-0.1, -0.05) is 19.9 Å². The molecule has 0 aromatic heterocycles. The summed E-state index contributed by atoms with van der Waals surface area (Å²) in [7, 11) is 0. The van der Waals surface area contributed by atoms with Crippen LogP contribution in [0.15, 0.2) is 18.2 Å². The topological polar surface area (TPSA) is 75.6 Å². The normalized spacial score (nSPS) is 13.9. The van der Waals surface area contributed by atoms with Crippen molar-refractivity contribution in [3.05, 3.63) is 34.9 Å². The molecule has 1 heterocycles. The summed E-state index contributed by atoms with van der Waals surface area (Å²) in [4.78, 5) is 23.7. The molecule has 1 aromatic carbocycles. The molecule has 20 heavy (non-hydrogen) atoms. The van der Waals surface area contributed by atoms with Gasteiger partial charge in [0.1, 0.15) is 5.54 Å². The molecule has 5 heteroatoms. The molecule has 0 unspecified atom stereocenters. The van der Waals surface area contributed by atoms with Crippen LogP contribution in [0.3, 0.4) is 0 Å². The fourth-order valence-corrected chi connectivity index (χ4v) is 2.39. The van der Waals surface area contributed by atoms with Gasteiger partial charge in [0.2, 0.25) is 0 Å². The van der Waals surface area contributed by atoms with Crippen LogP contribution < -0.4 is 5.32 Å². The smallest absolute Gasteiger partial charge is 0.329 e. The molecule has 0 atom stereocenters. The van der Waals surface area contributed by atoms with Crippen LogP contribution in [-0.4, -0.2) is 22.5 Å². The van der Waals surface area contributed by atoms with Crippen molar-refractivity contribution in [1.29, 1.82) is 0 Å². The zero-order chi connectivity index (χ0) is 14.8. The molecule has 0 fully saturated rings. The van der Waals surface area contributed by atoms with Crippen LogP contribution >= 0.6 is 0 Å². The van der Waals surface area contributed by atoms with E-state index < -0.39 is 11.5 Å². The van der Waals surface area contributed by atoms with Crippen molar-refractivity contribution < 1.29 is 19.4 Å². The number of carbonyl (C=O) groups is 2. The van der Waals surface area contributed by atoms with Gasteiger partial charge in [-0.25, -0.2) is 4.79 Å². The monoisotopic (exact) mass is 277 g/mol. The predicted molar refractivity (Wildman–Crippen MR) is 73.4 cm³/mol. The summed E-state index contributed by atoms with van der Waals surface area (Å²) < 4.78 is 5.31. The molecular formula is C15H19NO4. The highest BCUT2D eigenvalue weighted by Crippen LogP contribution is 2.22. The minimum atomic E-state index is -1.20. The molecule has 0 bridgehead atoms. The summed E-state index contributed by atoms with van der Waals surface area (Å²) in [5, 5.41) is 12.0. The maximum atomic E-state index is 12.3. The molecule has 5 nitrogen and oxygen atoms in total. The van der Waals surface area contributed by atoms with Crippen molar-refractivity contribution in [2.75, 3.05) is 0 Å². The van der Waals surface area contributed by atoms with Crippen molar-refractivity contribution in [2.45, 2.75) is 45.4 Å². The molecule has 1 aliphatic rings. The van der Waals surface area contributed by atoms with Gasteiger partial charge in [-0.2, -0.15) is 0 Å². The molecule has 2 rings (SSSR count). The van der Waals surface area contributed by atoms with E-state index in [0.29, 0.717) is 31.6 Å². The van der Waals surface area contributed by atoms with Crippen LogP contribution in [0, 0.1) is 0 Å². The molecule has 0 aliphatic carbocycles. The third-order valence-electron chi connectivity index (χ3n) is 3.95. The minimum Gasteiger partial charge on any atom is -0.480 e. The highest BCUT2D eigenvalue weighted by atomic mass is 16.5. The van der Waals surface area contributed by atoms with Gasteiger partial charge in [-0.15, -0.1) is 0 Å². The lowest BCUT2D eigenvalue weighted by molar-refractivity contribution is -0.144. The van der Waals surface area contributed by atoms with Crippen LogP contribution in [0.2, 0.25) is 0 Å². The number of benzene rings is 1. The quantitative estimate of drug-likeness (QED) is 0.864. The van der Waals surface area contributed by atoms with Crippen molar-refractivity contribution >= 4 is 11.9 Å². The van der Waals surface area contributed by atoms with E-state index >= 15 is 0 Å². The fraction of sp³-hybridized carbons (Fsp3) is 0.467. The average Bonchev–Trinajstić information content (AvgIpc) is 2.91. The Kier molecular flexibility index (Phi) is 4.09. The van der Waals surface area contributed by atoms with Gasteiger partial charge >= 0.3 is 5.97 Å². The van der Waals surface area contributed by atoms with E-state index in [1.165, 1.54) is 0 Å². The second-order valence-electron chi connectivity index (χ2n) is 5.02. The van der Waals surface area contributed by atoms with E-state index in [9.17, 15) is 14.7 Å². The SMILES string of the molecule is CCC(CC)(NC(=O)c1ccc2c(c1)COC2)C(=O)O. The van der Waals surface area contributed by atoms with Gasteiger partial charge in [0, 0.05) is 5.56 Å². The number of carbonyl (C=O) groups excluding carboxylic acids is 1. The first-order valence-electron chi connectivity index (χ1n) is 6.78. The zero-order valence-corrected chi connectivity index (χ0v) is 11.7. The second kappa shape index (κ2) is 5.63. The van der Waals surface area contributed by atoms with Crippen LogP contribution in [-0.2, 0) is 22.7 Å². The summed E-state index contributed by atoms with van der Waals surface area (Å²) in [6.07, 6.45) is 0.692. The standard InChI is InChI=1S/C15H19NO4/c1-3-15(4-2,14(18)19)16-13(17)10-5-6-11-8-20-9-12(11)7-10/h5-7H,3-4,8-9H2,1-2H3,(H,16,17)(H,18,19). The van der Waals surface area contributed by atoms with E-state index in [1.54, 1.807) is 26.0 Å². The van der Waals surface area contributed by atoms with Crippen LogP contribution in [0.4, 0.5) is 0 Å². The van der Waals surface area contributed by atoms with Gasteiger partial charge in [-0.05, 0) is 36.1 Å². The number of nitrogens with one attached hydrogen (secondary N) is 1.